The lowest BCUT2D eigenvalue weighted by molar-refractivity contribution is 0.0740. The second kappa shape index (κ2) is 10.5. The van der Waals surface area contributed by atoms with Crippen LogP contribution in [0.3, 0.4) is 0 Å². The number of sulfone groups is 1. The van der Waals surface area contributed by atoms with E-state index in [0.717, 1.165) is 12.3 Å². The van der Waals surface area contributed by atoms with E-state index in [1.54, 1.807) is 56.7 Å². The molecule has 40 heavy (non-hydrogen) atoms. The van der Waals surface area contributed by atoms with Crippen molar-refractivity contribution in [3.05, 3.63) is 99.1 Å². The summed E-state index contributed by atoms with van der Waals surface area (Å²) >= 11 is 13.1. The number of rotatable bonds is 7. The molecule has 0 radical (unpaired) electrons. The van der Waals surface area contributed by atoms with Crippen LogP contribution in [0.5, 0.6) is 0 Å². The number of halogens is 4. The van der Waals surface area contributed by atoms with Gasteiger partial charge in [-0.05, 0) is 75.2 Å². The first-order chi connectivity index (χ1) is 18.5. The Balaban J connectivity index is 1.92. The molecule has 212 valence electrons. The standard InChI is InChI=1S/C29H28Cl2F2N2O4S/c1-28(2,26-19(30)7-6-8-21(26)32)27-34-25(29(3,4)37)14-35(27)23-10-9-16(11-20(23)31)17-12-22(33)18(15-36)24(13-17)40(5,38)39/h6-14,36-37H,15H2,1-5H3. The fourth-order valence-corrected chi connectivity index (χ4v) is 6.27. The fourth-order valence-electron chi connectivity index (χ4n) is 4.65. The predicted molar refractivity (Wildman–Crippen MR) is 152 cm³/mol. The molecule has 0 atom stereocenters. The number of imidazole rings is 1. The SMILES string of the molecule is CC(C)(O)c1cn(-c2ccc(-c3cc(F)c(CO)c(S(C)(=O)=O)c3)cc2Cl)c(C(C)(C)c2c(F)cccc2Cl)n1. The average Bonchev–Trinajstić information content (AvgIpc) is 3.29. The van der Waals surface area contributed by atoms with E-state index in [1.165, 1.54) is 24.3 Å². The van der Waals surface area contributed by atoms with Gasteiger partial charge in [-0.15, -0.1) is 0 Å². The number of aliphatic hydroxyl groups excluding tert-OH is 1. The second-order valence-corrected chi connectivity index (χ2v) is 13.4. The maximum absolute atomic E-state index is 15.0. The molecule has 4 rings (SSSR count). The zero-order chi connectivity index (χ0) is 29.8. The van der Waals surface area contributed by atoms with Crippen molar-refractivity contribution >= 4 is 33.0 Å². The van der Waals surface area contributed by atoms with E-state index < -0.39 is 39.1 Å². The molecular formula is C29H28Cl2F2N2O4S. The van der Waals surface area contributed by atoms with Crippen LogP contribution in [0.25, 0.3) is 16.8 Å². The first-order valence-electron chi connectivity index (χ1n) is 12.2. The zero-order valence-electron chi connectivity index (χ0n) is 22.4. The number of hydrogen-bond donors (Lipinski definition) is 2. The van der Waals surface area contributed by atoms with Gasteiger partial charge in [-0.2, -0.15) is 0 Å². The molecule has 11 heteroatoms. The molecule has 1 aromatic heterocycles. The molecule has 0 saturated carbocycles. The minimum atomic E-state index is -3.84. The lowest BCUT2D eigenvalue weighted by atomic mass is 9.83. The summed E-state index contributed by atoms with van der Waals surface area (Å²) in [4.78, 5) is 4.35. The Morgan fingerprint density at radius 2 is 1.62 bits per heavy atom. The van der Waals surface area contributed by atoms with Crippen LogP contribution in [0, 0.1) is 11.6 Å². The van der Waals surface area contributed by atoms with E-state index in [0.29, 0.717) is 22.8 Å². The van der Waals surface area contributed by atoms with Crippen LogP contribution in [0.2, 0.25) is 10.0 Å². The summed E-state index contributed by atoms with van der Waals surface area (Å²) in [6.07, 6.45) is 2.54. The van der Waals surface area contributed by atoms with Crippen molar-refractivity contribution in [3.63, 3.8) is 0 Å². The first kappa shape index (κ1) is 30.1. The van der Waals surface area contributed by atoms with E-state index in [2.05, 4.69) is 4.98 Å². The molecule has 3 aromatic carbocycles. The fraction of sp³-hybridized carbons (Fsp3) is 0.276. The summed E-state index contributed by atoms with van der Waals surface area (Å²) in [6.45, 7) is 5.88. The molecule has 0 aliphatic carbocycles. The molecule has 4 aromatic rings. The van der Waals surface area contributed by atoms with Gasteiger partial charge in [0.05, 0.1) is 33.3 Å². The molecule has 0 spiro atoms. The second-order valence-electron chi connectivity index (χ2n) is 10.6. The van der Waals surface area contributed by atoms with Crippen molar-refractivity contribution in [2.24, 2.45) is 0 Å². The molecule has 0 unspecified atom stereocenters. The molecule has 2 N–H and O–H groups in total. The van der Waals surface area contributed by atoms with Crippen LogP contribution in [0.15, 0.2) is 59.6 Å². The van der Waals surface area contributed by atoms with Crippen molar-refractivity contribution in [3.8, 4) is 16.8 Å². The predicted octanol–water partition coefficient (Wildman–Crippen LogP) is 6.57. The minimum Gasteiger partial charge on any atom is -0.392 e. The highest BCUT2D eigenvalue weighted by Gasteiger charge is 2.36. The molecule has 0 fully saturated rings. The van der Waals surface area contributed by atoms with Crippen molar-refractivity contribution in [2.75, 3.05) is 6.26 Å². The maximum atomic E-state index is 15.0. The number of aliphatic hydroxyl groups is 2. The van der Waals surface area contributed by atoms with Crippen LogP contribution in [-0.2, 0) is 27.5 Å². The largest absolute Gasteiger partial charge is 0.392 e. The van der Waals surface area contributed by atoms with Gasteiger partial charge in [0, 0.05) is 28.6 Å². The maximum Gasteiger partial charge on any atom is 0.176 e. The Morgan fingerprint density at radius 3 is 2.17 bits per heavy atom. The third-order valence-corrected chi connectivity index (χ3v) is 8.51. The molecule has 6 nitrogen and oxygen atoms in total. The summed E-state index contributed by atoms with van der Waals surface area (Å²) in [5.41, 5.74) is -1.12. The Bertz CT molecular complexity index is 1710. The quantitative estimate of drug-likeness (QED) is 0.247. The van der Waals surface area contributed by atoms with Crippen molar-refractivity contribution in [1.82, 2.24) is 9.55 Å². The Hall–Kier alpha value is -2.82. The smallest absolute Gasteiger partial charge is 0.176 e. The lowest BCUT2D eigenvalue weighted by Crippen LogP contribution is -2.26. The molecule has 1 heterocycles. The van der Waals surface area contributed by atoms with Gasteiger partial charge in [0.25, 0.3) is 0 Å². The number of hydrogen-bond acceptors (Lipinski definition) is 5. The van der Waals surface area contributed by atoms with Crippen LogP contribution in [0.4, 0.5) is 8.78 Å². The van der Waals surface area contributed by atoms with Gasteiger partial charge in [0.1, 0.15) is 23.1 Å². The molecule has 0 saturated heterocycles. The van der Waals surface area contributed by atoms with Gasteiger partial charge in [-0.1, -0.05) is 35.3 Å². The van der Waals surface area contributed by atoms with Gasteiger partial charge < -0.3 is 14.8 Å². The lowest BCUT2D eigenvalue weighted by Gasteiger charge is -2.27. The van der Waals surface area contributed by atoms with Crippen molar-refractivity contribution in [1.29, 1.82) is 0 Å². The number of aromatic nitrogens is 2. The highest BCUT2D eigenvalue weighted by atomic mass is 35.5. The topological polar surface area (TPSA) is 92.4 Å². The summed E-state index contributed by atoms with van der Waals surface area (Å²) in [6, 6.07) is 11.6. The van der Waals surface area contributed by atoms with Crippen molar-refractivity contribution in [2.45, 2.75) is 50.2 Å². The molecular weight excluding hydrogens is 581 g/mol. The van der Waals surface area contributed by atoms with Gasteiger partial charge in [0.2, 0.25) is 0 Å². The van der Waals surface area contributed by atoms with Crippen LogP contribution in [0.1, 0.15) is 50.3 Å². The van der Waals surface area contributed by atoms with Gasteiger partial charge >= 0.3 is 0 Å². The van der Waals surface area contributed by atoms with E-state index >= 15 is 4.39 Å². The van der Waals surface area contributed by atoms with E-state index in [1.807, 2.05) is 0 Å². The summed E-state index contributed by atoms with van der Waals surface area (Å²) in [5, 5.41) is 20.6. The van der Waals surface area contributed by atoms with Gasteiger partial charge in [-0.3, -0.25) is 0 Å². The Kier molecular flexibility index (Phi) is 7.94. The average molecular weight is 610 g/mol. The van der Waals surface area contributed by atoms with E-state index in [4.69, 9.17) is 23.2 Å². The van der Waals surface area contributed by atoms with Crippen molar-refractivity contribution < 1.29 is 27.4 Å². The minimum absolute atomic E-state index is 0.196. The van der Waals surface area contributed by atoms with Gasteiger partial charge in [-0.25, -0.2) is 22.2 Å². The van der Waals surface area contributed by atoms with Crippen LogP contribution in [-0.4, -0.2) is 34.4 Å². The number of nitrogens with zero attached hydrogens (tertiary/aromatic N) is 2. The van der Waals surface area contributed by atoms with E-state index in [-0.39, 0.29) is 31.6 Å². The van der Waals surface area contributed by atoms with Crippen LogP contribution >= 0.6 is 23.2 Å². The Labute approximate surface area is 241 Å². The molecule has 0 aliphatic rings. The first-order valence-corrected chi connectivity index (χ1v) is 14.8. The normalized spacial score (nSPS) is 12.7. The van der Waals surface area contributed by atoms with Crippen LogP contribution < -0.4 is 0 Å². The van der Waals surface area contributed by atoms with Gasteiger partial charge in [0.15, 0.2) is 9.84 Å². The monoisotopic (exact) mass is 608 g/mol. The third kappa shape index (κ3) is 5.53. The molecule has 0 bridgehead atoms. The summed E-state index contributed by atoms with van der Waals surface area (Å²) in [7, 11) is -3.84. The zero-order valence-corrected chi connectivity index (χ0v) is 24.8. The highest BCUT2D eigenvalue weighted by molar-refractivity contribution is 7.90. The number of benzene rings is 3. The van der Waals surface area contributed by atoms with E-state index in [9.17, 15) is 23.0 Å². The molecule has 0 aliphatic heterocycles. The molecule has 0 amide bonds. The Morgan fingerprint density at radius 1 is 0.950 bits per heavy atom. The summed E-state index contributed by atoms with van der Waals surface area (Å²) in [5.74, 6) is -1.03. The summed E-state index contributed by atoms with van der Waals surface area (Å²) < 4.78 is 56.0. The third-order valence-electron chi connectivity index (χ3n) is 6.73. The highest BCUT2D eigenvalue weighted by Crippen LogP contribution is 2.40.